The van der Waals surface area contributed by atoms with Crippen LogP contribution in [-0.2, 0) is 16.9 Å². The summed E-state index contributed by atoms with van der Waals surface area (Å²) in [6.45, 7) is 4.24. The first-order valence-corrected chi connectivity index (χ1v) is 9.54. The highest BCUT2D eigenvalue weighted by molar-refractivity contribution is 6.07. The van der Waals surface area contributed by atoms with Gasteiger partial charge in [0.2, 0.25) is 0 Å². The number of carbonyl (C=O) groups is 2. The highest BCUT2D eigenvalue weighted by atomic mass is 16.3. The number of imide groups is 1. The normalized spacial score (nSPS) is 23.5. The number of carbonyl (C=O) groups excluding carboxylic acids is 2. The maximum Gasteiger partial charge on any atom is 0.322 e. The number of benzene rings is 1. The fraction of sp³-hybridized carbons (Fsp3) is 0.381. The largest absolute Gasteiger partial charge is 0.508 e. The van der Waals surface area contributed by atoms with E-state index in [9.17, 15) is 14.7 Å². The predicted molar refractivity (Wildman–Crippen MR) is 103 cm³/mol. The fourth-order valence-electron chi connectivity index (χ4n) is 4.40. The van der Waals surface area contributed by atoms with Gasteiger partial charge in [0.15, 0.2) is 5.54 Å². The van der Waals surface area contributed by atoms with E-state index in [2.05, 4.69) is 20.5 Å². The first-order chi connectivity index (χ1) is 13.5. The molecule has 2 aromatic rings. The van der Waals surface area contributed by atoms with Crippen molar-refractivity contribution in [3.8, 4) is 5.75 Å². The van der Waals surface area contributed by atoms with Crippen molar-refractivity contribution in [3.63, 3.8) is 0 Å². The van der Waals surface area contributed by atoms with Crippen LogP contribution < -0.4 is 10.6 Å². The third-order valence-electron chi connectivity index (χ3n) is 5.84. The van der Waals surface area contributed by atoms with Crippen molar-refractivity contribution in [1.82, 2.24) is 20.5 Å². The number of pyridine rings is 1. The second-order valence-electron chi connectivity index (χ2n) is 7.64. The van der Waals surface area contributed by atoms with Crippen LogP contribution in [0.3, 0.4) is 0 Å². The van der Waals surface area contributed by atoms with Crippen LogP contribution in [0, 0.1) is 12.8 Å². The summed E-state index contributed by atoms with van der Waals surface area (Å²) in [5.74, 6) is -0.0206. The molecule has 3 N–H and O–H groups in total. The number of aryl methyl sites for hydroxylation is 1. The number of urea groups is 1. The molecule has 2 fully saturated rings. The highest BCUT2D eigenvalue weighted by Gasteiger charge is 2.53. The van der Waals surface area contributed by atoms with Crippen molar-refractivity contribution in [3.05, 3.63) is 59.4 Å². The Kier molecular flexibility index (Phi) is 4.77. The molecule has 0 spiro atoms. The second kappa shape index (κ2) is 7.24. The molecule has 1 aromatic heterocycles. The lowest BCUT2D eigenvalue weighted by atomic mass is 9.73. The predicted octanol–water partition coefficient (Wildman–Crippen LogP) is 2.04. The molecule has 0 bridgehead atoms. The molecule has 7 heteroatoms. The number of hydrogen-bond donors (Lipinski definition) is 3. The van der Waals surface area contributed by atoms with Crippen LogP contribution in [-0.4, -0.2) is 40.0 Å². The minimum atomic E-state index is -1.07. The standard InChI is InChI=1S/C21H24N4O3/c1-14-4-5-18(26)15(11-14)13-25-9-6-16(7-10-25)21(17-3-2-8-22-12-17)19(27)23-20(28)24-21/h2-5,8,11-12,16,26H,6-7,9-10,13H2,1H3,(H2,23,24,27,28)/t21-/m0/s1. The smallest absolute Gasteiger partial charge is 0.322 e. The SMILES string of the molecule is Cc1ccc(O)c(CN2CCC([C@@]3(c4cccnc4)NC(=O)NC3=O)CC2)c1. The monoisotopic (exact) mass is 380 g/mol. The van der Waals surface area contributed by atoms with Gasteiger partial charge in [0.05, 0.1) is 0 Å². The van der Waals surface area contributed by atoms with Gasteiger partial charge in [-0.25, -0.2) is 4.79 Å². The van der Waals surface area contributed by atoms with E-state index >= 15 is 0 Å². The summed E-state index contributed by atoms with van der Waals surface area (Å²) < 4.78 is 0. The van der Waals surface area contributed by atoms with Gasteiger partial charge >= 0.3 is 6.03 Å². The Morgan fingerprint density at radius 1 is 1.25 bits per heavy atom. The van der Waals surface area contributed by atoms with Crippen LogP contribution in [0.5, 0.6) is 5.75 Å². The molecule has 1 atom stereocenters. The molecular weight excluding hydrogens is 356 g/mol. The van der Waals surface area contributed by atoms with Crippen LogP contribution in [0.15, 0.2) is 42.7 Å². The molecule has 2 aliphatic rings. The van der Waals surface area contributed by atoms with Crippen LogP contribution in [0.1, 0.15) is 29.5 Å². The third-order valence-corrected chi connectivity index (χ3v) is 5.84. The van der Waals surface area contributed by atoms with Gasteiger partial charge in [0.1, 0.15) is 5.75 Å². The van der Waals surface area contributed by atoms with Gasteiger partial charge in [-0.2, -0.15) is 0 Å². The maximum absolute atomic E-state index is 12.8. The lowest BCUT2D eigenvalue weighted by molar-refractivity contribution is -0.127. The molecule has 1 aromatic carbocycles. The Bertz CT molecular complexity index is 894. The number of rotatable bonds is 4. The van der Waals surface area contributed by atoms with E-state index < -0.39 is 11.6 Å². The lowest BCUT2D eigenvalue weighted by Gasteiger charge is -2.40. The molecule has 2 aliphatic heterocycles. The van der Waals surface area contributed by atoms with Gasteiger partial charge in [0.25, 0.3) is 5.91 Å². The molecule has 7 nitrogen and oxygen atoms in total. The van der Waals surface area contributed by atoms with Gasteiger partial charge in [-0.15, -0.1) is 0 Å². The molecule has 0 unspecified atom stereocenters. The van der Waals surface area contributed by atoms with E-state index in [1.54, 1.807) is 24.5 Å². The van der Waals surface area contributed by atoms with Crippen molar-refractivity contribution in [2.75, 3.05) is 13.1 Å². The molecule has 2 saturated heterocycles. The Hall–Kier alpha value is -2.93. The summed E-state index contributed by atoms with van der Waals surface area (Å²) in [6, 6.07) is 8.79. The Morgan fingerprint density at radius 3 is 2.68 bits per heavy atom. The van der Waals surface area contributed by atoms with Gasteiger partial charge in [-0.1, -0.05) is 23.8 Å². The summed E-state index contributed by atoms with van der Waals surface area (Å²) in [5, 5.41) is 15.4. The summed E-state index contributed by atoms with van der Waals surface area (Å²) in [4.78, 5) is 31.2. The van der Waals surface area contributed by atoms with Crippen LogP contribution in [0.4, 0.5) is 4.79 Å². The molecule has 4 rings (SSSR count). The van der Waals surface area contributed by atoms with Crippen molar-refractivity contribution in [1.29, 1.82) is 0 Å². The molecule has 28 heavy (non-hydrogen) atoms. The first kappa shape index (κ1) is 18.4. The number of piperidine rings is 1. The number of aromatic nitrogens is 1. The van der Waals surface area contributed by atoms with Gasteiger partial charge in [-0.3, -0.25) is 20.0 Å². The molecule has 0 aliphatic carbocycles. The van der Waals surface area contributed by atoms with Gasteiger partial charge in [0, 0.05) is 30.1 Å². The van der Waals surface area contributed by atoms with E-state index in [1.165, 1.54) is 0 Å². The number of likely N-dealkylation sites (tertiary alicyclic amines) is 1. The van der Waals surface area contributed by atoms with Crippen molar-refractivity contribution < 1.29 is 14.7 Å². The quantitative estimate of drug-likeness (QED) is 0.706. The number of amides is 3. The van der Waals surface area contributed by atoms with Crippen molar-refractivity contribution in [2.24, 2.45) is 5.92 Å². The summed E-state index contributed by atoms with van der Waals surface area (Å²) in [5.41, 5.74) is 1.67. The fourth-order valence-corrected chi connectivity index (χ4v) is 4.40. The zero-order valence-corrected chi connectivity index (χ0v) is 15.8. The number of nitrogens with zero attached hydrogens (tertiary/aromatic N) is 2. The third kappa shape index (κ3) is 3.22. The molecule has 3 heterocycles. The topological polar surface area (TPSA) is 94.6 Å². The average molecular weight is 380 g/mol. The van der Waals surface area contributed by atoms with Gasteiger partial charge < -0.3 is 10.4 Å². The highest BCUT2D eigenvalue weighted by Crippen LogP contribution is 2.39. The number of aromatic hydroxyl groups is 1. The molecule has 146 valence electrons. The maximum atomic E-state index is 12.8. The zero-order chi connectivity index (χ0) is 19.7. The summed E-state index contributed by atoms with van der Waals surface area (Å²) in [6.07, 6.45) is 4.83. The number of phenols is 1. The van der Waals surface area contributed by atoms with Gasteiger partial charge in [-0.05, 0) is 50.9 Å². The van der Waals surface area contributed by atoms with Crippen molar-refractivity contribution in [2.45, 2.75) is 31.8 Å². The van der Waals surface area contributed by atoms with E-state index in [1.807, 2.05) is 25.1 Å². The van der Waals surface area contributed by atoms with Crippen LogP contribution in [0.25, 0.3) is 0 Å². The molecule has 0 radical (unpaired) electrons. The zero-order valence-electron chi connectivity index (χ0n) is 15.8. The minimum Gasteiger partial charge on any atom is -0.508 e. The minimum absolute atomic E-state index is 0.0227. The first-order valence-electron chi connectivity index (χ1n) is 9.54. The number of nitrogens with one attached hydrogen (secondary N) is 2. The Labute approximate surface area is 163 Å². The number of phenolic OH excluding ortho intramolecular Hbond substituents is 1. The van der Waals surface area contributed by atoms with E-state index in [0.717, 1.165) is 37.1 Å². The summed E-state index contributed by atoms with van der Waals surface area (Å²) in [7, 11) is 0. The lowest BCUT2D eigenvalue weighted by Crippen LogP contribution is -2.53. The van der Waals surface area contributed by atoms with E-state index in [4.69, 9.17) is 0 Å². The van der Waals surface area contributed by atoms with E-state index in [-0.39, 0.29) is 11.8 Å². The second-order valence-corrected chi connectivity index (χ2v) is 7.64. The molecular formula is C21H24N4O3. The Morgan fingerprint density at radius 2 is 2.04 bits per heavy atom. The van der Waals surface area contributed by atoms with Crippen LogP contribution >= 0.6 is 0 Å². The summed E-state index contributed by atoms with van der Waals surface area (Å²) >= 11 is 0. The Balaban J connectivity index is 1.52. The van der Waals surface area contributed by atoms with Crippen LogP contribution in [0.2, 0.25) is 0 Å². The molecule has 3 amide bonds. The number of hydrogen-bond acceptors (Lipinski definition) is 5. The molecule has 0 saturated carbocycles. The average Bonchev–Trinajstić information content (AvgIpc) is 3.01. The van der Waals surface area contributed by atoms with Crippen molar-refractivity contribution >= 4 is 11.9 Å². The van der Waals surface area contributed by atoms with E-state index in [0.29, 0.717) is 17.9 Å².